The molecule has 0 aliphatic heterocycles. The first-order valence-electron chi connectivity index (χ1n) is 6.58. The molecule has 3 nitrogen and oxygen atoms in total. The van der Waals surface area contributed by atoms with Crippen LogP contribution in [0.15, 0.2) is 59.5 Å². The molecule has 0 spiro atoms. The summed E-state index contributed by atoms with van der Waals surface area (Å²) in [6.45, 7) is 8.25. The van der Waals surface area contributed by atoms with E-state index in [1.54, 1.807) is 12.1 Å². The van der Waals surface area contributed by atoms with Crippen molar-refractivity contribution < 1.29 is 8.42 Å². The van der Waals surface area contributed by atoms with Crippen LogP contribution in [0, 0.1) is 0 Å². The quantitative estimate of drug-likeness (QED) is 0.791. The fourth-order valence-electron chi connectivity index (χ4n) is 2.14. The molecule has 2 rings (SSSR count). The zero-order valence-corrected chi connectivity index (χ0v) is 12.7. The lowest BCUT2D eigenvalue weighted by Gasteiger charge is -2.20. The van der Waals surface area contributed by atoms with Gasteiger partial charge in [-0.3, -0.25) is 0 Å². The minimum atomic E-state index is -3.47. The number of likely N-dealkylation sites (N-methyl/N-ethyl adjacent to an activating group) is 1. The van der Waals surface area contributed by atoms with Gasteiger partial charge >= 0.3 is 0 Å². The highest BCUT2D eigenvalue weighted by atomic mass is 32.2. The van der Waals surface area contributed by atoms with E-state index < -0.39 is 10.0 Å². The Morgan fingerprint density at radius 3 is 2.40 bits per heavy atom. The van der Waals surface area contributed by atoms with Crippen LogP contribution < -0.4 is 0 Å². The lowest BCUT2D eigenvalue weighted by molar-refractivity contribution is 0.453. The molecule has 4 heteroatoms. The topological polar surface area (TPSA) is 37.4 Å². The van der Waals surface area contributed by atoms with Crippen molar-refractivity contribution in [3.8, 4) is 0 Å². The molecule has 0 N–H and O–H groups in total. The molecule has 0 unspecified atom stereocenters. The van der Waals surface area contributed by atoms with Gasteiger partial charge in [0.25, 0.3) is 0 Å². The average Bonchev–Trinajstić information content (AvgIpc) is 2.43. The molecule has 0 aliphatic carbocycles. The smallest absolute Gasteiger partial charge is 0.207 e. The van der Waals surface area contributed by atoms with Gasteiger partial charge in [-0.05, 0) is 29.8 Å². The van der Waals surface area contributed by atoms with Crippen LogP contribution in [-0.4, -0.2) is 25.8 Å². The number of benzene rings is 2. The molecule has 2 aromatic rings. The van der Waals surface area contributed by atoms with Gasteiger partial charge in [-0.2, -0.15) is 4.31 Å². The van der Waals surface area contributed by atoms with Crippen molar-refractivity contribution >= 4 is 20.8 Å². The second kappa shape index (κ2) is 5.77. The molecule has 0 aliphatic rings. The summed E-state index contributed by atoms with van der Waals surface area (Å²) in [5, 5.41) is 1.97. The third-order valence-corrected chi connectivity index (χ3v) is 5.07. The van der Waals surface area contributed by atoms with Crippen molar-refractivity contribution in [2.75, 3.05) is 13.1 Å². The van der Waals surface area contributed by atoms with Gasteiger partial charge in [0.05, 0.1) is 4.90 Å². The van der Waals surface area contributed by atoms with Gasteiger partial charge in [0.1, 0.15) is 0 Å². The molecule has 0 radical (unpaired) electrons. The van der Waals surface area contributed by atoms with Crippen molar-refractivity contribution in [1.29, 1.82) is 0 Å². The fraction of sp³-hybridized carbons (Fsp3) is 0.250. The summed E-state index contributed by atoms with van der Waals surface area (Å²) in [6, 6.07) is 13.0. The molecule has 0 fully saturated rings. The summed E-state index contributed by atoms with van der Waals surface area (Å²) in [6.07, 6.45) is 0. The Kier molecular flexibility index (Phi) is 4.26. The van der Waals surface area contributed by atoms with Crippen molar-refractivity contribution in [3.63, 3.8) is 0 Å². The Labute approximate surface area is 120 Å². The minimum Gasteiger partial charge on any atom is -0.207 e. The van der Waals surface area contributed by atoms with Crippen molar-refractivity contribution in [2.24, 2.45) is 0 Å². The SMILES string of the molecule is C=C(C)CN(CC)S(=O)(=O)c1ccc2ccccc2c1. The number of sulfonamides is 1. The normalized spacial score (nSPS) is 11.9. The van der Waals surface area contributed by atoms with E-state index in [1.165, 1.54) is 4.31 Å². The lowest BCUT2D eigenvalue weighted by atomic mass is 10.1. The summed E-state index contributed by atoms with van der Waals surface area (Å²) in [4.78, 5) is 0.333. The van der Waals surface area contributed by atoms with Crippen LogP contribution in [0.2, 0.25) is 0 Å². The van der Waals surface area contributed by atoms with Crippen molar-refractivity contribution in [2.45, 2.75) is 18.7 Å². The largest absolute Gasteiger partial charge is 0.243 e. The van der Waals surface area contributed by atoms with Gasteiger partial charge in [0.15, 0.2) is 0 Å². The van der Waals surface area contributed by atoms with E-state index >= 15 is 0 Å². The summed E-state index contributed by atoms with van der Waals surface area (Å²) in [7, 11) is -3.47. The zero-order chi connectivity index (χ0) is 14.8. The molecular formula is C16H19NO2S. The molecule has 0 saturated carbocycles. The lowest BCUT2D eigenvalue weighted by Crippen LogP contribution is -2.32. The summed E-state index contributed by atoms with van der Waals surface area (Å²) >= 11 is 0. The Bertz CT molecular complexity index is 735. The monoisotopic (exact) mass is 289 g/mol. The zero-order valence-electron chi connectivity index (χ0n) is 11.8. The summed E-state index contributed by atoms with van der Waals surface area (Å²) in [5.41, 5.74) is 0.830. The molecule has 0 aromatic heterocycles. The Morgan fingerprint density at radius 2 is 1.80 bits per heavy atom. The van der Waals surface area contributed by atoms with Crippen LogP contribution in [0.1, 0.15) is 13.8 Å². The number of rotatable bonds is 5. The summed E-state index contributed by atoms with van der Waals surface area (Å²) < 4.78 is 26.7. The van der Waals surface area contributed by atoms with Gasteiger partial charge in [-0.1, -0.05) is 49.4 Å². The minimum absolute atomic E-state index is 0.333. The fourth-order valence-corrected chi connectivity index (χ4v) is 3.69. The Balaban J connectivity index is 2.47. The average molecular weight is 289 g/mol. The predicted octanol–water partition coefficient (Wildman–Crippen LogP) is 3.43. The van der Waals surface area contributed by atoms with Gasteiger partial charge in [-0.15, -0.1) is 0 Å². The first-order valence-corrected chi connectivity index (χ1v) is 8.02. The molecule has 20 heavy (non-hydrogen) atoms. The second-order valence-corrected chi connectivity index (χ2v) is 6.84. The van der Waals surface area contributed by atoms with E-state index in [2.05, 4.69) is 6.58 Å². The van der Waals surface area contributed by atoms with Crippen LogP contribution in [0.3, 0.4) is 0 Å². The number of hydrogen-bond acceptors (Lipinski definition) is 2. The van der Waals surface area contributed by atoms with Crippen LogP contribution in [0.25, 0.3) is 10.8 Å². The molecule has 2 aromatic carbocycles. The molecule has 0 bridgehead atoms. The van der Waals surface area contributed by atoms with Gasteiger partial charge in [0.2, 0.25) is 10.0 Å². The second-order valence-electron chi connectivity index (χ2n) is 4.90. The molecule has 0 heterocycles. The van der Waals surface area contributed by atoms with E-state index in [9.17, 15) is 8.42 Å². The van der Waals surface area contributed by atoms with Gasteiger partial charge < -0.3 is 0 Å². The third-order valence-electron chi connectivity index (χ3n) is 3.16. The molecular weight excluding hydrogens is 270 g/mol. The van der Waals surface area contributed by atoms with Crippen LogP contribution in [0.4, 0.5) is 0 Å². The first-order chi connectivity index (χ1) is 9.45. The van der Waals surface area contributed by atoms with E-state index in [0.29, 0.717) is 18.0 Å². The van der Waals surface area contributed by atoms with Crippen LogP contribution in [0.5, 0.6) is 0 Å². The summed E-state index contributed by atoms with van der Waals surface area (Å²) in [5.74, 6) is 0. The number of fused-ring (bicyclic) bond motifs is 1. The molecule has 0 atom stereocenters. The predicted molar refractivity (Wildman–Crippen MR) is 83.2 cm³/mol. The maximum Gasteiger partial charge on any atom is 0.243 e. The van der Waals surface area contributed by atoms with Crippen molar-refractivity contribution in [1.82, 2.24) is 4.31 Å². The number of nitrogens with zero attached hydrogens (tertiary/aromatic N) is 1. The van der Waals surface area contributed by atoms with Crippen molar-refractivity contribution in [3.05, 3.63) is 54.6 Å². The van der Waals surface area contributed by atoms with Gasteiger partial charge in [0, 0.05) is 13.1 Å². The maximum atomic E-state index is 12.6. The Morgan fingerprint density at radius 1 is 1.15 bits per heavy atom. The van der Waals surface area contributed by atoms with E-state index in [4.69, 9.17) is 0 Å². The van der Waals surface area contributed by atoms with E-state index in [0.717, 1.165) is 16.3 Å². The maximum absolute atomic E-state index is 12.6. The van der Waals surface area contributed by atoms with Crippen LogP contribution >= 0.6 is 0 Å². The highest BCUT2D eigenvalue weighted by molar-refractivity contribution is 7.89. The standard InChI is InChI=1S/C16H19NO2S/c1-4-17(12-13(2)3)20(18,19)16-10-9-14-7-5-6-8-15(14)11-16/h5-11H,2,4,12H2,1,3H3. The molecule has 0 amide bonds. The Hall–Kier alpha value is -1.65. The van der Waals surface area contributed by atoms with Gasteiger partial charge in [-0.25, -0.2) is 8.42 Å². The highest BCUT2D eigenvalue weighted by Gasteiger charge is 2.22. The van der Waals surface area contributed by atoms with E-state index in [-0.39, 0.29) is 0 Å². The first kappa shape index (κ1) is 14.8. The molecule has 106 valence electrons. The highest BCUT2D eigenvalue weighted by Crippen LogP contribution is 2.22. The molecule has 0 saturated heterocycles. The van der Waals surface area contributed by atoms with E-state index in [1.807, 2.05) is 44.2 Å². The van der Waals surface area contributed by atoms with Crippen LogP contribution in [-0.2, 0) is 10.0 Å². The third kappa shape index (κ3) is 2.92. The number of hydrogen-bond donors (Lipinski definition) is 0.